The zero-order valence-corrected chi connectivity index (χ0v) is 20.7. The number of para-hydroxylation sites is 1. The van der Waals surface area contributed by atoms with Crippen molar-refractivity contribution in [2.24, 2.45) is 0 Å². The van der Waals surface area contributed by atoms with Crippen LogP contribution in [0.3, 0.4) is 0 Å². The van der Waals surface area contributed by atoms with Gasteiger partial charge in [0, 0.05) is 6.38 Å². The molecule has 0 spiro atoms. The number of benzene rings is 2. The Hall–Kier alpha value is -1.63. The molecule has 146 valence electrons. The molecule has 3 heteroatoms. The van der Waals surface area contributed by atoms with Crippen molar-refractivity contribution in [1.82, 2.24) is 4.57 Å². The van der Waals surface area contributed by atoms with Gasteiger partial charge in [-0.25, -0.2) is 0 Å². The molecule has 0 radical (unpaired) electrons. The maximum Gasteiger partial charge on any atom is 0.0108 e. The summed E-state index contributed by atoms with van der Waals surface area (Å²) in [6.07, 6.45) is 7.53. The van der Waals surface area contributed by atoms with Crippen LogP contribution in [-0.4, -0.2) is 11.0 Å². The standard InChI is InChI=1S/C18H14N.C7H9.CH3Cl.Zr/c1-13-10-16-8-4-5-9-18(16)19(13)17-11-14-6-2-3-7-15(14)12-17;1-6-4-3-5-7(6)2;1-2;/h2-12H,1H3;4H,3H2,1-2H3;1H3;. The topological polar surface area (TPSA) is 4.93 Å². The minimum absolute atomic E-state index is 0.587. The summed E-state index contributed by atoms with van der Waals surface area (Å²) in [4.78, 5) is 0. The van der Waals surface area contributed by atoms with Gasteiger partial charge in [-0.2, -0.15) is 0 Å². The number of nitrogens with zero attached hydrogens (tertiary/aromatic N) is 1. The molecule has 2 aliphatic carbocycles. The van der Waals surface area contributed by atoms with Crippen LogP contribution in [0.2, 0.25) is 0 Å². The summed E-state index contributed by atoms with van der Waals surface area (Å²) < 4.78 is 4.87. The second-order valence-corrected chi connectivity index (χ2v) is 11.3. The predicted molar refractivity (Wildman–Crippen MR) is 123 cm³/mol. The Labute approximate surface area is 190 Å². The third-order valence-electron chi connectivity index (χ3n) is 6.03. The first-order valence-corrected chi connectivity index (χ1v) is 13.4. The van der Waals surface area contributed by atoms with E-state index in [1.54, 1.807) is 14.4 Å². The molecule has 1 atom stereocenters. The number of halogens is 1. The zero-order valence-electron chi connectivity index (χ0n) is 17.5. The third kappa shape index (κ3) is 3.67. The summed E-state index contributed by atoms with van der Waals surface area (Å²) in [7, 11) is 0. The molecule has 2 aliphatic rings. The average Bonchev–Trinajstić information content (AvgIpc) is 3.38. The van der Waals surface area contributed by atoms with Crippen LogP contribution in [0.4, 0.5) is 0 Å². The maximum atomic E-state index is 4.64. The van der Waals surface area contributed by atoms with E-state index in [9.17, 15) is 0 Å². The summed E-state index contributed by atoms with van der Waals surface area (Å²) in [6.45, 7) is 6.85. The number of aryl methyl sites for hydroxylation is 1. The maximum absolute atomic E-state index is 4.64. The van der Waals surface area contributed by atoms with Gasteiger partial charge in [-0.1, -0.05) is 0 Å². The van der Waals surface area contributed by atoms with Gasteiger partial charge in [0.2, 0.25) is 0 Å². The van der Waals surface area contributed by atoms with Crippen molar-refractivity contribution in [2.45, 2.75) is 30.8 Å². The molecule has 0 N–H and O–H groups in total. The van der Waals surface area contributed by atoms with Crippen molar-refractivity contribution in [3.8, 4) is 0 Å². The van der Waals surface area contributed by atoms with E-state index in [-0.39, 0.29) is 0 Å². The Kier molecular flexibility index (Phi) is 6.14. The van der Waals surface area contributed by atoms with Crippen molar-refractivity contribution < 1.29 is 23.2 Å². The Morgan fingerprint density at radius 1 is 0.966 bits per heavy atom. The third-order valence-corrected chi connectivity index (χ3v) is 10.5. The fourth-order valence-electron chi connectivity index (χ4n) is 4.43. The van der Waals surface area contributed by atoms with Crippen molar-refractivity contribution >= 4 is 34.3 Å². The van der Waals surface area contributed by atoms with Crippen LogP contribution in [0.5, 0.6) is 0 Å². The molecule has 29 heavy (non-hydrogen) atoms. The van der Waals surface area contributed by atoms with Crippen LogP contribution in [0.25, 0.3) is 22.7 Å². The molecule has 0 amide bonds. The molecule has 0 saturated carbocycles. The number of alkyl halides is 1. The molecule has 2 aromatic carbocycles. The molecular weight excluding hydrogens is 453 g/mol. The van der Waals surface area contributed by atoms with Gasteiger partial charge in [0.05, 0.1) is 0 Å². The van der Waals surface area contributed by atoms with Crippen LogP contribution in [0.1, 0.15) is 40.7 Å². The molecule has 1 heterocycles. The molecule has 3 aromatic rings. The van der Waals surface area contributed by atoms with E-state index in [1.165, 1.54) is 46.2 Å². The van der Waals surface area contributed by atoms with Gasteiger partial charge >= 0.3 is 173 Å². The van der Waals surface area contributed by atoms with Crippen molar-refractivity contribution in [2.75, 3.05) is 6.38 Å². The van der Waals surface area contributed by atoms with Gasteiger partial charge in [-0.05, 0) is 0 Å². The van der Waals surface area contributed by atoms with Crippen LogP contribution >= 0.6 is 11.6 Å². The number of allylic oxidation sites excluding steroid dienone is 5. The molecule has 5 rings (SSSR count). The number of fused-ring (bicyclic) bond motifs is 2. The Morgan fingerprint density at radius 3 is 2.45 bits per heavy atom. The molecule has 1 nitrogen and oxygen atoms in total. The first kappa shape index (κ1) is 20.6. The van der Waals surface area contributed by atoms with E-state index < -0.39 is 23.2 Å². The minimum atomic E-state index is -0.783. The van der Waals surface area contributed by atoms with Crippen LogP contribution in [0.15, 0.2) is 75.1 Å². The molecule has 0 bridgehead atoms. The normalized spacial score (nSPS) is 17.6. The molecule has 1 unspecified atom stereocenters. The fraction of sp³-hybridized carbons (Fsp3) is 0.231. The zero-order chi connectivity index (χ0) is 20.5. The van der Waals surface area contributed by atoms with Gasteiger partial charge in [0.25, 0.3) is 0 Å². The van der Waals surface area contributed by atoms with Crippen LogP contribution in [-0.2, 0) is 23.2 Å². The molecule has 1 aromatic heterocycles. The smallest absolute Gasteiger partial charge is 0.0108 e. The van der Waals surface area contributed by atoms with E-state index in [0.29, 0.717) is 3.63 Å². The Bertz CT molecular complexity index is 1160. The quantitative estimate of drug-likeness (QED) is 0.342. The SMILES string of the molecule is CC1=CC[C]([Zr][CH]2C(n3c(C)cc4ccccc43)=Cc3ccccc32)=C1C.CCl. The van der Waals surface area contributed by atoms with Gasteiger partial charge in [-0.15, -0.1) is 11.6 Å². The van der Waals surface area contributed by atoms with Crippen molar-refractivity contribution in [3.63, 3.8) is 0 Å². The number of aromatic nitrogens is 1. The molecule has 0 aliphatic heterocycles. The van der Waals surface area contributed by atoms with E-state index >= 15 is 0 Å². The van der Waals surface area contributed by atoms with Crippen molar-refractivity contribution in [3.05, 3.63) is 91.9 Å². The van der Waals surface area contributed by atoms with E-state index in [2.05, 4.69) is 104 Å². The number of hydrogen-bond donors (Lipinski definition) is 0. The molecular formula is C26H26ClNZr. The molecule has 0 fully saturated rings. The summed E-state index contributed by atoms with van der Waals surface area (Å²) in [5, 5.41) is 1.34. The van der Waals surface area contributed by atoms with Crippen LogP contribution in [0, 0.1) is 6.92 Å². The van der Waals surface area contributed by atoms with E-state index in [4.69, 9.17) is 0 Å². The summed E-state index contributed by atoms with van der Waals surface area (Å²) >= 11 is 3.86. The van der Waals surface area contributed by atoms with Gasteiger partial charge in [0.1, 0.15) is 0 Å². The minimum Gasteiger partial charge on any atom is -0.130 e. The van der Waals surface area contributed by atoms with Crippen LogP contribution < -0.4 is 0 Å². The monoisotopic (exact) mass is 477 g/mol. The van der Waals surface area contributed by atoms with Gasteiger partial charge in [-0.3, -0.25) is 0 Å². The summed E-state index contributed by atoms with van der Waals surface area (Å²) in [5.41, 5.74) is 10.2. The second kappa shape index (κ2) is 8.62. The van der Waals surface area contributed by atoms with E-state index in [1.807, 2.05) is 0 Å². The predicted octanol–water partition coefficient (Wildman–Crippen LogP) is 7.56. The first-order valence-electron chi connectivity index (χ1n) is 10.0. The summed E-state index contributed by atoms with van der Waals surface area (Å²) in [5.74, 6) is 0. The van der Waals surface area contributed by atoms with E-state index in [0.717, 1.165) is 0 Å². The summed E-state index contributed by atoms with van der Waals surface area (Å²) in [6, 6.07) is 20.1. The number of rotatable bonds is 3. The Morgan fingerprint density at radius 2 is 1.69 bits per heavy atom. The Balaban J connectivity index is 0.000000994. The second-order valence-electron chi connectivity index (χ2n) is 7.65. The first-order chi connectivity index (χ1) is 14.1. The number of hydrogen-bond acceptors (Lipinski definition) is 0. The fourth-order valence-corrected chi connectivity index (χ4v) is 8.76. The molecule has 0 saturated heterocycles. The van der Waals surface area contributed by atoms with Crippen molar-refractivity contribution in [1.29, 1.82) is 0 Å². The largest absolute Gasteiger partial charge is 0.130 e. The van der Waals surface area contributed by atoms with Gasteiger partial charge in [0.15, 0.2) is 0 Å². The average molecular weight is 479 g/mol. The van der Waals surface area contributed by atoms with Gasteiger partial charge < -0.3 is 0 Å².